The van der Waals surface area contributed by atoms with Crippen LogP contribution in [0.1, 0.15) is 5.56 Å². The molecule has 0 aliphatic rings. The lowest BCUT2D eigenvalue weighted by atomic mass is 10.0. The lowest BCUT2D eigenvalue weighted by molar-refractivity contribution is -0.122. The lowest BCUT2D eigenvalue weighted by Crippen LogP contribution is -1.90. The molecule has 4 N–H and O–H groups in total. The standard InChI is InChI=1S/C11H10ClNO.CH2O2/c1-6-4-7-5-8(12)2-3-9(7)11(14)10(6)13;2-1-3/h2-5,14H,13H2,1H3;1H,(H,2,3). The summed E-state index contributed by atoms with van der Waals surface area (Å²) in [7, 11) is 0. The molecular formula is C12H12ClNO3. The van der Waals surface area contributed by atoms with Crippen LogP contribution >= 0.6 is 11.6 Å². The van der Waals surface area contributed by atoms with Crippen LogP contribution in [-0.2, 0) is 4.79 Å². The Labute approximate surface area is 103 Å². The van der Waals surface area contributed by atoms with Crippen LogP contribution in [0.25, 0.3) is 10.8 Å². The number of rotatable bonds is 0. The fourth-order valence-electron chi connectivity index (χ4n) is 1.51. The van der Waals surface area contributed by atoms with Crippen LogP contribution in [0.3, 0.4) is 0 Å². The zero-order valence-electron chi connectivity index (χ0n) is 9.14. The largest absolute Gasteiger partial charge is 0.505 e. The number of anilines is 1. The van der Waals surface area contributed by atoms with Crippen molar-refractivity contribution in [2.45, 2.75) is 6.92 Å². The average molecular weight is 254 g/mol. The summed E-state index contributed by atoms with van der Waals surface area (Å²) in [6.45, 7) is 1.61. The van der Waals surface area contributed by atoms with E-state index in [9.17, 15) is 5.11 Å². The van der Waals surface area contributed by atoms with E-state index in [2.05, 4.69) is 0 Å². The third kappa shape index (κ3) is 2.79. The van der Waals surface area contributed by atoms with Gasteiger partial charge >= 0.3 is 0 Å². The van der Waals surface area contributed by atoms with Crippen molar-refractivity contribution < 1.29 is 15.0 Å². The van der Waals surface area contributed by atoms with Gasteiger partial charge in [-0.05, 0) is 42.1 Å². The van der Waals surface area contributed by atoms with Crippen molar-refractivity contribution in [3.8, 4) is 5.75 Å². The Morgan fingerprint density at radius 1 is 1.35 bits per heavy atom. The van der Waals surface area contributed by atoms with E-state index in [1.807, 2.05) is 19.1 Å². The first-order chi connectivity index (χ1) is 8.01. The molecule has 0 aliphatic heterocycles. The summed E-state index contributed by atoms with van der Waals surface area (Å²) in [5.41, 5.74) is 6.99. The molecular weight excluding hydrogens is 242 g/mol. The summed E-state index contributed by atoms with van der Waals surface area (Å²) >= 11 is 5.85. The molecule has 4 nitrogen and oxygen atoms in total. The van der Waals surface area contributed by atoms with Gasteiger partial charge in [0.15, 0.2) is 0 Å². The normalized spacial score (nSPS) is 9.53. The molecule has 2 rings (SSSR count). The zero-order valence-corrected chi connectivity index (χ0v) is 9.90. The highest BCUT2D eigenvalue weighted by molar-refractivity contribution is 6.31. The van der Waals surface area contributed by atoms with Gasteiger partial charge < -0.3 is 15.9 Å². The van der Waals surface area contributed by atoms with Gasteiger partial charge in [-0.2, -0.15) is 0 Å². The Morgan fingerprint density at radius 3 is 2.53 bits per heavy atom. The first kappa shape index (κ1) is 13.1. The molecule has 0 heterocycles. The summed E-state index contributed by atoms with van der Waals surface area (Å²) in [6, 6.07) is 7.22. The van der Waals surface area contributed by atoms with Crippen molar-refractivity contribution in [3.63, 3.8) is 0 Å². The molecule has 2 aromatic rings. The molecule has 0 aromatic heterocycles. The minimum Gasteiger partial charge on any atom is -0.505 e. The van der Waals surface area contributed by atoms with Gasteiger partial charge in [0, 0.05) is 10.4 Å². The molecule has 0 radical (unpaired) electrons. The maximum atomic E-state index is 9.76. The molecule has 2 aromatic carbocycles. The van der Waals surface area contributed by atoms with Crippen molar-refractivity contribution in [2.75, 3.05) is 5.73 Å². The summed E-state index contributed by atoms with van der Waals surface area (Å²) in [6.07, 6.45) is 0. The molecule has 0 spiro atoms. The van der Waals surface area contributed by atoms with Gasteiger partial charge in [-0.15, -0.1) is 0 Å². The van der Waals surface area contributed by atoms with Gasteiger partial charge in [0.2, 0.25) is 0 Å². The number of carboxylic acid groups (broad SMARTS) is 1. The highest BCUT2D eigenvalue weighted by atomic mass is 35.5. The highest BCUT2D eigenvalue weighted by Crippen LogP contribution is 2.34. The van der Waals surface area contributed by atoms with Gasteiger partial charge in [-0.1, -0.05) is 11.6 Å². The number of nitrogen functional groups attached to an aromatic ring is 1. The summed E-state index contributed by atoms with van der Waals surface area (Å²) in [5.74, 6) is 0.136. The van der Waals surface area contributed by atoms with Crippen LogP contribution < -0.4 is 5.73 Å². The number of benzene rings is 2. The average Bonchev–Trinajstić information content (AvgIpc) is 2.27. The predicted octanol–water partition coefficient (Wildman–Crippen LogP) is 2.79. The lowest BCUT2D eigenvalue weighted by Gasteiger charge is -2.07. The Morgan fingerprint density at radius 2 is 1.94 bits per heavy atom. The highest BCUT2D eigenvalue weighted by Gasteiger charge is 2.06. The third-order valence-electron chi connectivity index (χ3n) is 2.32. The molecule has 0 amide bonds. The second-order valence-corrected chi connectivity index (χ2v) is 3.86. The van der Waals surface area contributed by atoms with Gasteiger partial charge in [-0.25, -0.2) is 0 Å². The quantitative estimate of drug-likeness (QED) is 0.383. The number of fused-ring (bicyclic) bond motifs is 1. The number of phenolic OH excluding ortho intramolecular Hbond substituents is 1. The number of carbonyl (C=O) groups is 1. The zero-order chi connectivity index (χ0) is 13.0. The first-order valence-electron chi connectivity index (χ1n) is 4.76. The van der Waals surface area contributed by atoms with Crippen molar-refractivity contribution in [3.05, 3.63) is 34.9 Å². The van der Waals surface area contributed by atoms with Crippen molar-refractivity contribution >= 4 is 34.5 Å². The first-order valence-corrected chi connectivity index (χ1v) is 5.14. The van der Waals surface area contributed by atoms with Crippen molar-refractivity contribution in [2.24, 2.45) is 0 Å². The molecule has 0 fully saturated rings. The number of hydrogen-bond acceptors (Lipinski definition) is 3. The molecule has 0 unspecified atom stereocenters. The van der Waals surface area contributed by atoms with Crippen LogP contribution in [0.5, 0.6) is 5.75 Å². The van der Waals surface area contributed by atoms with Gasteiger partial charge in [0.25, 0.3) is 6.47 Å². The number of hydrogen-bond donors (Lipinski definition) is 3. The van der Waals surface area contributed by atoms with E-state index in [1.165, 1.54) is 0 Å². The van der Waals surface area contributed by atoms with Gasteiger partial charge in [0.05, 0.1) is 5.69 Å². The number of phenols is 1. The van der Waals surface area contributed by atoms with Crippen LogP contribution in [0.2, 0.25) is 5.02 Å². The van der Waals surface area contributed by atoms with E-state index in [0.717, 1.165) is 16.3 Å². The van der Waals surface area contributed by atoms with Gasteiger partial charge in [0.1, 0.15) is 5.75 Å². The Bertz CT molecular complexity index is 555. The van der Waals surface area contributed by atoms with E-state index >= 15 is 0 Å². The fourth-order valence-corrected chi connectivity index (χ4v) is 1.69. The SMILES string of the molecule is Cc1cc2cc(Cl)ccc2c(O)c1N.O=CO. The Balaban J connectivity index is 0.000000437. The predicted molar refractivity (Wildman–Crippen MR) is 68.5 cm³/mol. The summed E-state index contributed by atoms with van der Waals surface area (Å²) in [5, 5.41) is 18.9. The molecule has 0 aliphatic carbocycles. The molecule has 0 bridgehead atoms. The van der Waals surface area contributed by atoms with Crippen LogP contribution in [-0.4, -0.2) is 16.7 Å². The van der Waals surface area contributed by atoms with E-state index in [0.29, 0.717) is 10.7 Å². The molecule has 17 heavy (non-hydrogen) atoms. The van der Waals surface area contributed by atoms with E-state index in [4.69, 9.17) is 27.2 Å². The molecule has 0 saturated heterocycles. The third-order valence-corrected chi connectivity index (χ3v) is 2.56. The maximum absolute atomic E-state index is 9.76. The summed E-state index contributed by atoms with van der Waals surface area (Å²) in [4.78, 5) is 8.36. The minimum atomic E-state index is -0.250. The Kier molecular flexibility index (Phi) is 4.17. The molecule has 0 atom stereocenters. The van der Waals surface area contributed by atoms with Crippen molar-refractivity contribution in [1.82, 2.24) is 0 Å². The van der Waals surface area contributed by atoms with Crippen molar-refractivity contribution in [1.29, 1.82) is 0 Å². The molecule has 90 valence electrons. The summed E-state index contributed by atoms with van der Waals surface area (Å²) < 4.78 is 0. The minimum absolute atomic E-state index is 0.136. The number of aryl methyl sites for hydroxylation is 1. The van der Waals surface area contributed by atoms with E-state index < -0.39 is 0 Å². The second-order valence-electron chi connectivity index (χ2n) is 3.43. The van der Waals surface area contributed by atoms with E-state index in [-0.39, 0.29) is 12.2 Å². The number of aromatic hydroxyl groups is 1. The molecule has 5 heteroatoms. The Hall–Kier alpha value is -1.94. The number of nitrogens with two attached hydrogens (primary N) is 1. The van der Waals surface area contributed by atoms with E-state index in [1.54, 1.807) is 12.1 Å². The molecule has 0 saturated carbocycles. The topological polar surface area (TPSA) is 83.5 Å². The monoisotopic (exact) mass is 253 g/mol. The fraction of sp³-hybridized carbons (Fsp3) is 0.0833. The maximum Gasteiger partial charge on any atom is 0.290 e. The van der Waals surface area contributed by atoms with Crippen LogP contribution in [0, 0.1) is 6.92 Å². The van der Waals surface area contributed by atoms with Crippen LogP contribution in [0.4, 0.5) is 5.69 Å². The van der Waals surface area contributed by atoms with Gasteiger partial charge in [-0.3, -0.25) is 4.79 Å². The smallest absolute Gasteiger partial charge is 0.290 e. The van der Waals surface area contributed by atoms with Crippen LogP contribution in [0.15, 0.2) is 24.3 Å². The second kappa shape index (κ2) is 5.41. The number of halogens is 1.